The van der Waals surface area contributed by atoms with Crippen LogP contribution in [0.15, 0.2) is 51.9 Å². The minimum atomic E-state index is -2.51. The van der Waals surface area contributed by atoms with Crippen LogP contribution in [0.25, 0.3) is 11.3 Å². The number of thiol groups is 1. The lowest BCUT2D eigenvalue weighted by Gasteiger charge is -2.23. The van der Waals surface area contributed by atoms with E-state index >= 15 is 0 Å². The van der Waals surface area contributed by atoms with Crippen LogP contribution in [0.1, 0.15) is 29.5 Å². The fourth-order valence-electron chi connectivity index (χ4n) is 3.34. The van der Waals surface area contributed by atoms with Gasteiger partial charge in [0.05, 0.1) is 6.10 Å². The average Bonchev–Trinajstić information content (AvgIpc) is 3.02. The van der Waals surface area contributed by atoms with Crippen LogP contribution in [0.4, 0.5) is 20.5 Å². The lowest BCUT2D eigenvalue weighted by Crippen LogP contribution is -2.19. The molecule has 2 aromatic carbocycles. The Kier molecular flexibility index (Phi) is 4.88. The van der Waals surface area contributed by atoms with E-state index in [1.54, 1.807) is 12.1 Å². The summed E-state index contributed by atoms with van der Waals surface area (Å²) in [6.07, 6.45) is -0.698. The second-order valence-electron chi connectivity index (χ2n) is 6.56. The van der Waals surface area contributed by atoms with E-state index in [4.69, 9.17) is 4.42 Å². The minimum absolute atomic E-state index is 0.0493. The first kappa shape index (κ1) is 18.0. The maximum absolute atomic E-state index is 12.7. The van der Waals surface area contributed by atoms with Gasteiger partial charge in [0.15, 0.2) is 5.76 Å². The van der Waals surface area contributed by atoms with E-state index in [9.17, 15) is 13.9 Å². The summed E-state index contributed by atoms with van der Waals surface area (Å²) < 4.78 is 31.2. The summed E-state index contributed by atoms with van der Waals surface area (Å²) in [4.78, 5) is 4.28. The molecule has 7 heteroatoms. The maximum atomic E-state index is 12.7. The molecule has 4 rings (SSSR count). The summed E-state index contributed by atoms with van der Waals surface area (Å²) >= 11 is 4.34. The van der Waals surface area contributed by atoms with Crippen LogP contribution in [0.2, 0.25) is 0 Å². The SMILES string of the molecule is OC1CCc2cccc(Nc3nc(S)c(-c4ccc(C(F)F)cc4)o3)c2C1. The first-order chi connectivity index (χ1) is 13.0. The number of nitrogens with zero attached hydrogens (tertiary/aromatic N) is 1. The summed E-state index contributed by atoms with van der Waals surface area (Å²) in [6.45, 7) is 0. The van der Waals surface area contributed by atoms with Crippen molar-refractivity contribution in [1.82, 2.24) is 4.98 Å². The number of anilines is 2. The molecule has 1 aliphatic carbocycles. The number of alkyl halides is 2. The maximum Gasteiger partial charge on any atom is 0.300 e. The highest BCUT2D eigenvalue weighted by Gasteiger charge is 2.21. The molecule has 3 aromatic rings. The Morgan fingerprint density at radius 3 is 2.70 bits per heavy atom. The highest BCUT2D eigenvalue weighted by molar-refractivity contribution is 7.80. The monoisotopic (exact) mass is 388 g/mol. The average molecular weight is 388 g/mol. The van der Waals surface area contributed by atoms with E-state index in [1.807, 2.05) is 12.1 Å². The summed E-state index contributed by atoms with van der Waals surface area (Å²) in [5.74, 6) is 0.409. The van der Waals surface area contributed by atoms with Crippen molar-refractivity contribution in [2.24, 2.45) is 0 Å². The van der Waals surface area contributed by atoms with Crippen molar-refractivity contribution in [2.75, 3.05) is 5.32 Å². The summed E-state index contributed by atoms with van der Waals surface area (Å²) in [5, 5.41) is 13.5. The lowest BCUT2D eigenvalue weighted by atomic mass is 9.88. The number of nitrogens with one attached hydrogen (secondary N) is 1. The first-order valence-electron chi connectivity index (χ1n) is 8.65. The van der Waals surface area contributed by atoms with E-state index in [0.717, 1.165) is 24.1 Å². The number of hydrogen-bond acceptors (Lipinski definition) is 5. The Morgan fingerprint density at radius 2 is 1.96 bits per heavy atom. The largest absolute Gasteiger partial charge is 0.422 e. The summed E-state index contributed by atoms with van der Waals surface area (Å²) in [7, 11) is 0. The molecule has 4 nitrogen and oxygen atoms in total. The highest BCUT2D eigenvalue weighted by atomic mass is 32.1. The second kappa shape index (κ2) is 7.32. The van der Waals surface area contributed by atoms with Crippen molar-refractivity contribution in [2.45, 2.75) is 36.8 Å². The number of fused-ring (bicyclic) bond motifs is 1. The van der Waals surface area contributed by atoms with Gasteiger partial charge in [0.25, 0.3) is 6.43 Å². The van der Waals surface area contributed by atoms with Crippen molar-refractivity contribution >= 4 is 24.3 Å². The predicted molar refractivity (Wildman–Crippen MR) is 102 cm³/mol. The van der Waals surface area contributed by atoms with E-state index < -0.39 is 6.43 Å². The van der Waals surface area contributed by atoms with Gasteiger partial charge in [0, 0.05) is 23.2 Å². The fraction of sp³-hybridized carbons (Fsp3) is 0.250. The van der Waals surface area contributed by atoms with Gasteiger partial charge in [-0.25, -0.2) is 8.78 Å². The van der Waals surface area contributed by atoms with Gasteiger partial charge in [-0.15, -0.1) is 12.6 Å². The number of aliphatic hydroxyl groups excluding tert-OH is 1. The van der Waals surface area contributed by atoms with Crippen LogP contribution in [0.5, 0.6) is 0 Å². The molecule has 1 aliphatic rings. The quantitative estimate of drug-likeness (QED) is 0.540. The molecule has 0 aliphatic heterocycles. The first-order valence-corrected chi connectivity index (χ1v) is 9.10. The van der Waals surface area contributed by atoms with Gasteiger partial charge in [0.1, 0.15) is 5.03 Å². The van der Waals surface area contributed by atoms with Gasteiger partial charge in [0.2, 0.25) is 0 Å². The zero-order valence-electron chi connectivity index (χ0n) is 14.3. The van der Waals surface area contributed by atoms with Gasteiger partial charge < -0.3 is 14.8 Å². The normalized spacial score (nSPS) is 16.4. The molecule has 1 atom stereocenters. The predicted octanol–water partition coefficient (Wildman–Crippen LogP) is 5.16. The highest BCUT2D eigenvalue weighted by Crippen LogP contribution is 2.34. The molecule has 1 heterocycles. The number of halogens is 2. The van der Waals surface area contributed by atoms with Gasteiger partial charge >= 0.3 is 6.01 Å². The van der Waals surface area contributed by atoms with Crippen LogP contribution < -0.4 is 5.32 Å². The van der Waals surface area contributed by atoms with Gasteiger partial charge in [-0.2, -0.15) is 4.98 Å². The van der Waals surface area contributed by atoms with Gasteiger partial charge in [-0.3, -0.25) is 0 Å². The van der Waals surface area contributed by atoms with Crippen molar-refractivity contribution < 1.29 is 18.3 Å². The van der Waals surface area contributed by atoms with Gasteiger partial charge in [-0.05, 0) is 30.0 Å². The molecule has 0 fully saturated rings. The van der Waals surface area contributed by atoms with Crippen molar-refractivity contribution in [1.29, 1.82) is 0 Å². The number of benzene rings is 2. The molecule has 1 unspecified atom stereocenters. The lowest BCUT2D eigenvalue weighted by molar-refractivity contribution is 0.151. The summed E-state index contributed by atoms with van der Waals surface area (Å²) in [5.41, 5.74) is 3.66. The Balaban J connectivity index is 1.61. The zero-order chi connectivity index (χ0) is 19.0. The van der Waals surface area contributed by atoms with Crippen LogP contribution in [0, 0.1) is 0 Å². The van der Waals surface area contributed by atoms with E-state index in [0.29, 0.717) is 22.8 Å². The van der Waals surface area contributed by atoms with Crippen LogP contribution >= 0.6 is 12.6 Å². The van der Waals surface area contributed by atoms with E-state index in [2.05, 4.69) is 29.0 Å². The Hall–Kier alpha value is -2.38. The molecule has 0 radical (unpaired) electrons. The Morgan fingerprint density at radius 1 is 1.19 bits per heavy atom. The molecule has 0 spiro atoms. The minimum Gasteiger partial charge on any atom is -0.422 e. The molecule has 140 valence electrons. The molecule has 2 N–H and O–H groups in total. The zero-order valence-corrected chi connectivity index (χ0v) is 15.2. The number of aliphatic hydroxyl groups is 1. The smallest absolute Gasteiger partial charge is 0.300 e. The van der Waals surface area contributed by atoms with Crippen molar-refractivity contribution in [3.63, 3.8) is 0 Å². The number of rotatable bonds is 4. The molecule has 1 aromatic heterocycles. The number of oxazole rings is 1. The number of hydrogen-bond donors (Lipinski definition) is 3. The molecule has 0 saturated carbocycles. The topological polar surface area (TPSA) is 58.3 Å². The van der Waals surface area contributed by atoms with E-state index in [-0.39, 0.29) is 17.7 Å². The number of aromatic nitrogens is 1. The third-order valence-electron chi connectivity index (χ3n) is 4.74. The molecule has 0 saturated heterocycles. The molecular formula is C20H18F2N2O2S. The van der Waals surface area contributed by atoms with Crippen LogP contribution in [-0.2, 0) is 12.8 Å². The molecule has 0 amide bonds. The number of aryl methyl sites for hydroxylation is 1. The molecule has 27 heavy (non-hydrogen) atoms. The van der Waals surface area contributed by atoms with Crippen molar-refractivity contribution in [3.05, 3.63) is 59.2 Å². The Labute approximate surface area is 160 Å². The van der Waals surface area contributed by atoms with Crippen molar-refractivity contribution in [3.8, 4) is 11.3 Å². The Bertz CT molecular complexity index is 957. The third kappa shape index (κ3) is 3.70. The van der Waals surface area contributed by atoms with E-state index in [1.165, 1.54) is 17.7 Å². The second-order valence-corrected chi connectivity index (χ2v) is 6.98. The van der Waals surface area contributed by atoms with Crippen LogP contribution in [0.3, 0.4) is 0 Å². The van der Waals surface area contributed by atoms with Crippen LogP contribution in [-0.4, -0.2) is 16.2 Å². The standard InChI is InChI=1S/C20H18F2N2O2S/c21-18(22)13-6-4-12(5-7-13)17-19(27)24-20(26-17)23-16-3-1-2-11-8-9-14(25)10-15(11)16/h1-7,14,18,25,27H,8-10H2,(H,23,24). The summed E-state index contributed by atoms with van der Waals surface area (Å²) in [6, 6.07) is 12.0. The molecule has 0 bridgehead atoms. The molecular weight excluding hydrogens is 370 g/mol. The van der Waals surface area contributed by atoms with Gasteiger partial charge in [-0.1, -0.05) is 36.4 Å². The fourth-order valence-corrected chi connectivity index (χ4v) is 3.60. The third-order valence-corrected chi connectivity index (χ3v) is 5.04.